The number of ether oxygens (including phenoxy) is 2. The van der Waals surface area contributed by atoms with Crippen LogP contribution in [0.25, 0.3) is 0 Å². The zero-order valence-electron chi connectivity index (χ0n) is 15.3. The molecule has 26 heavy (non-hydrogen) atoms. The third-order valence-electron chi connectivity index (χ3n) is 4.32. The van der Waals surface area contributed by atoms with Crippen molar-refractivity contribution in [1.82, 2.24) is 5.32 Å². The van der Waals surface area contributed by atoms with Crippen molar-refractivity contribution >= 4 is 23.4 Å². The summed E-state index contributed by atoms with van der Waals surface area (Å²) in [7, 11) is 3.23. The molecule has 3 rings (SSSR count). The van der Waals surface area contributed by atoms with Crippen molar-refractivity contribution in [2.24, 2.45) is 0 Å². The number of carbonyl (C=O) groups excluding carboxylic acids is 1. The predicted octanol–water partition coefficient (Wildman–Crippen LogP) is 3.32. The molecule has 0 unspecified atom stereocenters. The lowest BCUT2D eigenvalue weighted by Gasteiger charge is -2.33. The largest absolute Gasteiger partial charge is 0.497 e. The van der Waals surface area contributed by atoms with Gasteiger partial charge in [0.05, 0.1) is 26.5 Å². The molecular weight excluding hydrogens is 348 g/mol. The fourth-order valence-corrected chi connectivity index (χ4v) is 4.21. The van der Waals surface area contributed by atoms with Crippen LogP contribution in [0.2, 0.25) is 0 Å². The second-order valence-corrected chi connectivity index (χ2v) is 7.71. The Morgan fingerprint density at radius 1 is 1.23 bits per heavy atom. The summed E-state index contributed by atoms with van der Waals surface area (Å²) in [5, 5.41) is 3.45. The molecule has 0 spiro atoms. The number of thioether (sulfide) groups is 1. The van der Waals surface area contributed by atoms with Crippen molar-refractivity contribution in [1.29, 1.82) is 0 Å². The number of nitrogens with one attached hydrogen (secondary N) is 1. The number of carbonyl (C=O) groups is 1. The van der Waals surface area contributed by atoms with Gasteiger partial charge in [-0.25, -0.2) is 0 Å². The van der Waals surface area contributed by atoms with E-state index in [4.69, 9.17) is 9.47 Å². The minimum absolute atomic E-state index is 0.00299. The van der Waals surface area contributed by atoms with Gasteiger partial charge in [0.15, 0.2) is 0 Å². The first-order chi connectivity index (χ1) is 12.6. The predicted molar refractivity (Wildman–Crippen MR) is 105 cm³/mol. The lowest BCUT2D eigenvalue weighted by Crippen LogP contribution is -2.41. The fraction of sp³-hybridized carbons (Fsp3) is 0.350. The molecule has 1 atom stereocenters. The highest BCUT2D eigenvalue weighted by atomic mass is 32.2. The van der Waals surface area contributed by atoms with E-state index in [1.165, 1.54) is 4.90 Å². The van der Waals surface area contributed by atoms with Crippen molar-refractivity contribution in [3.05, 3.63) is 48.0 Å². The number of methoxy groups -OCH3 is 2. The van der Waals surface area contributed by atoms with Crippen LogP contribution in [-0.2, 0) is 11.3 Å². The molecule has 6 heteroatoms. The molecule has 0 aliphatic carbocycles. The van der Waals surface area contributed by atoms with E-state index in [9.17, 15) is 4.79 Å². The topological polar surface area (TPSA) is 50.8 Å². The lowest BCUT2D eigenvalue weighted by atomic mass is 10.2. The van der Waals surface area contributed by atoms with Crippen molar-refractivity contribution < 1.29 is 14.3 Å². The van der Waals surface area contributed by atoms with E-state index < -0.39 is 0 Å². The van der Waals surface area contributed by atoms with Crippen LogP contribution in [-0.4, -0.2) is 38.5 Å². The second kappa shape index (κ2) is 8.36. The normalized spacial score (nSPS) is 16.0. The molecule has 0 fully saturated rings. The summed E-state index contributed by atoms with van der Waals surface area (Å²) in [4.78, 5) is 15.9. The number of hydrogen-bond acceptors (Lipinski definition) is 5. The molecule has 0 saturated carbocycles. The number of para-hydroxylation sites is 1. The van der Waals surface area contributed by atoms with Crippen LogP contribution in [0.3, 0.4) is 0 Å². The molecule has 1 aliphatic heterocycles. The van der Waals surface area contributed by atoms with Crippen molar-refractivity contribution in [2.75, 3.05) is 32.2 Å². The zero-order valence-corrected chi connectivity index (χ0v) is 16.1. The molecule has 5 nitrogen and oxygen atoms in total. The average molecular weight is 372 g/mol. The molecule has 1 N–H and O–H groups in total. The smallest absolute Gasteiger partial charge is 0.239 e. The van der Waals surface area contributed by atoms with Gasteiger partial charge < -0.3 is 19.7 Å². The summed E-state index contributed by atoms with van der Waals surface area (Å²) in [5.74, 6) is 1.43. The molecular formula is C20H24N2O3S. The number of rotatable bonds is 6. The molecule has 1 amide bonds. The molecule has 1 heterocycles. The molecule has 2 aromatic carbocycles. The Hall–Kier alpha value is -2.34. The summed E-state index contributed by atoms with van der Waals surface area (Å²) in [6.07, 6.45) is 0. The van der Waals surface area contributed by atoms with Gasteiger partial charge in [-0.3, -0.25) is 4.79 Å². The molecule has 1 aliphatic rings. The quantitative estimate of drug-likeness (QED) is 0.843. The van der Waals surface area contributed by atoms with E-state index >= 15 is 0 Å². The summed E-state index contributed by atoms with van der Waals surface area (Å²) in [5.41, 5.74) is 2.05. The minimum atomic E-state index is -0.00299. The number of hydrogen-bond donors (Lipinski definition) is 1. The molecule has 0 radical (unpaired) electrons. The summed E-state index contributed by atoms with van der Waals surface area (Å²) >= 11 is 1.86. The van der Waals surface area contributed by atoms with Gasteiger partial charge >= 0.3 is 0 Å². The molecule has 0 bridgehead atoms. The van der Waals surface area contributed by atoms with Crippen LogP contribution in [0.4, 0.5) is 5.69 Å². The van der Waals surface area contributed by atoms with E-state index in [-0.39, 0.29) is 5.91 Å². The average Bonchev–Trinajstić information content (AvgIpc) is 2.66. The Kier molecular flexibility index (Phi) is 5.93. The Morgan fingerprint density at radius 3 is 2.81 bits per heavy atom. The van der Waals surface area contributed by atoms with Gasteiger partial charge in [0.2, 0.25) is 5.91 Å². The van der Waals surface area contributed by atoms with Gasteiger partial charge in [0.1, 0.15) is 11.5 Å². The zero-order chi connectivity index (χ0) is 18.5. The van der Waals surface area contributed by atoms with Crippen LogP contribution in [0.5, 0.6) is 11.5 Å². The maximum absolute atomic E-state index is 12.5. The molecule has 0 aromatic heterocycles. The lowest BCUT2D eigenvalue weighted by molar-refractivity contribution is -0.119. The Morgan fingerprint density at radius 2 is 2.04 bits per heavy atom. The second-order valence-electron chi connectivity index (χ2n) is 6.23. The number of amides is 1. The summed E-state index contributed by atoms with van der Waals surface area (Å²) < 4.78 is 10.6. The number of nitrogens with zero attached hydrogens (tertiary/aromatic N) is 1. The molecule has 2 aromatic rings. The van der Waals surface area contributed by atoms with Crippen LogP contribution < -0.4 is 19.7 Å². The van der Waals surface area contributed by atoms with Crippen molar-refractivity contribution in [3.8, 4) is 11.5 Å². The highest BCUT2D eigenvalue weighted by Crippen LogP contribution is 2.37. The highest BCUT2D eigenvalue weighted by Gasteiger charge is 2.23. The summed E-state index contributed by atoms with van der Waals surface area (Å²) in [6, 6.07) is 13.8. The van der Waals surface area contributed by atoms with Gasteiger partial charge in [0.25, 0.3) is 0 Å². The summed E-state index contributed by atoms with van der Waals surface area (Å²) in [6.45, 7) is 3.82. The van der Waals surface area contributed by atoms with E-state index in [2.05, 4.69) is 29.3 Å². The third-order valence-corrected chi connectivity index (χ3v) is 5.47. The maximum Gasteiger partial charge on any atom is 0.239 e. The van der Waals surface area contributed by atoms with Crippen molar-refractivity contribution in [2.45, 2.75) is 23.6 Å². The SMILES string of the molecule is COc1ccc(CNC(=O)CN2C[C@H](C)Sc3ccccc32)c(OC)c1. The van der Waals surface area contributed by atoms with Crippen molar-refractivity contribution in [3.63, 3.8) is 0 Å². The van der Waals surface area contributed by atoms with E-state index in [0.29, 0.717) is 24.1 Å². The minimum Gasteiger partial charge on any atom is -0.497 e. The van der Waals surface area contributed by atoms with E-state index in [1.54, 1.807) is 14.2 Å². The number of benzene rings is 2. The maximum atomic E-state index is 12.5. The highest BCUT2D eigenvalue weighted by molar-refractivity contribution is 8.00. The molecule has 138 valence electrons. The Balaban J connectivity index is 1.63. The third kappa shape index (κ3) is 4.25. The van der Waals surface area contributed by atoms with Crippen LogP contribution >= 0.6 is 11.8 Å². The van der Waals surface area contributed by atoms with Gasteiger partial charge in [-0.15, -0.1) is 11.8 Å². The first kappa shape index (κ1) is 18.5. The first-order valence-corrected chi connectivity index (χ1v) is 9.47. The Bertz CT molecular complexity index is 781. The molecule has 0 saturated heterocycles. The Labute approximate surface area is 158 Å². The van der Waals surface area contributed by atoms with Gasteiger partial charge in [-0.05, 0) is 24.3 Å². The van der Waals surface area contributed by atoms with E-state index in [0.717, 1.165) is 23.5 Å². The van der Waals surface area contributed by atoms with Crippen LogP contribution in [0.15, 0.2) is 47.4 Å². The number of fused-ring (bicyclic) bond motifs is 1. The number of anilines is 1. The van der Waals surface area contributed by atoms with Gasteiger partial charge in [-0.2, -0.15) is 0 Å². The monoisotopic (exact) mass is 372 g/mol. The van der Waals surface area contributed by atoms with Gasteiger partial charge in [-0.1, -0.05) is 19.1 Å². The van der Waals surface area contributed by atoms with Gasteiger partial charge in [0, 0.05) is 34.9 Å². The standard InChI is InChI=1S/C20H24N2O3S/c1-14-12-22(17-6-4-5-7-19(17)26-14)13-20(23)21-11-15-8-9-16(24-2)10-18(15)25-3/h4-10,14H,11-13H2,1-3H3,(H,21,23)/t14-/m0/s1. The van der Waals surface area contributed by atoms with Crippen LogP contribution in [0.1, 0.15) is 12.5 Å². The first-order valence-electron chi connectivity index (χ1n) is 8.59. The van der Waals surface area contributed by atoms with E-state index in [1.807, 2.05) is 42.1 Å². The fourth-order valence-electron chi connectivity index (χ4n) is 3.05. The van der Waals surface area contributed by atoms with Crippen LogP contribution in [0, 0.1) is 0 Å².